The quantitative estimate of drug-likeness (QED) is 0.734. The average Bonchev–Trinajstić information content (AvgIpc) is 2.82. The number of aromatic amines is 1. The predicted octanol–water partition coefficient (Wildman–Crippen LogP) is 4.65. The molecule has 3 aromatic rings. The highest BCUT2D eigenvalue weighted by Crippen LogP contribution is 2.36. The minimum Gasteiger partial charge on any atom is -0.360 e. The number of nitrogens with two attached hydrogens (primary N) is 1. The Morgan fingerprint density at radius 3 is 2.70 bits per heavy atom. The fraction of sp³-hybridized carbons (Fsp3) is 0.176. The Hall–Kier alpha value is -1.71. The van der Waals surface area contributed by atoms with Gasteiger partial charge in [0, 0.05) is 32.9 Å². The zero-order valence-electron chi connectivity index (χ0n) is 11.7. The van der Waals surface area contributed by atoms with Gasteiger partial charge in [0.05, 0.1) is 0 Å². The molecule has 0 saturated carbocycles. The van der Waals surface area contributed by atoms with Crippen molar-refractivity contribution in [3.8, 4) is 0 Å². The topological polar surface area (TPSA) is 41.8 Å². The summed E-state index contributed by atoms with van der Waals surface area (Å²) in [6.07, 6.45) is 2.08. The third-order valence-corrected chi connectivity index (χ3v) is 4.58. The molecule has 1 heterocycles. The molecule has 0 spiro atoms. The van der Waals surface area contributed by atoms with Gasteiger partial charge in [-0.3, -0.25) is 0 Å². The van der Waals surface area contributed by atoms with E-state index in [1.165, 1.54) is 31.8 Å². The van der Waals surface area contributed by atoms with Crippen LogP contribution in [0.1, 0.15) is 24.1 Å². The molecule has 1 aromatic heterocycles. The summed E-state index contributed by atoms with van der Waals surface area (Å²) in [5.74, 6) is 0. The molecule has 2 aromatic carbocycles. The molecule has 102 valence electrons. The number of aryl methyl sites for hydroxylation is 1. The Labute approximate surface area is 123 Å². The molecule has 3 rings (SSSR count). The highest BCUT2D eigenvalue weighted by molar-refractivity contribution is 7.99. The summed E-state index contributed by atoms with van der Waals surface area (Å²) in [5, 5.41) is 1.27. The number of hydrogen-bond donors (Lipinski definition) is 2. The molecule has 1 atom stereocenters. The number of nitrogens with one attached hydrogen (secondary N) is 1. The summed E-state index contributed by atoms with van der Waals surface area (Å²) in [6, 6.07) is 14.9. The zero-order chi connectivity index (χ0) is 14.1. The summed E-state index contributed by atoms with van der Waals surface area (Å²) in [7, 11) is 0. The molecule has 0 aliphatic heterocycles. The van der Waals surface area contributed by atoms with Crippen molar-refractivity contribution in [3.05, 3.63) is 59.8 Å². The van der Waals surface area contributed by atoms with Crippen LogP contribution < -0.4 is 5.73 Å². The van der Waals surface area contributed by atoms with Crippen molar-refractivity contribution in [3.63, 3.8) is 0 Å². The number of aromatic nitrogens is 1. The van der Waals surface area contributed by atoms with E-state index in [1.807, 2.05) is 13.0 Å². The number of benzene rings is 2. The molecule has 0 bridgehead atoms. The molecule has 0 amide bonds. The normalized spacial score (nSPS) is 12.8. The van der Waals surface area contributed by atoms with Gasteiger partial charge in [-0.1, -0.05) is 41.6 Å². The largest absolute Gasteiger partial charge is 0.360 e. The molecule has 0 aliphatic carbocycles. The standard InChI is InChI=1S/C17H18N2S/c1-11-7-8-15-14(9-11)17(10-19-15)20-16-6-4-3-5-13(16)12(2)18/h3-10,12,19H,18H2,1-2H3. The molecule has 0 saturated heterocycles. The van der Waals surface area contributed by atoms with E-state index in [9.17, 15) is 0 Å². The third-order valence-electron chi connectivity index (χ3n) is 3.43. The highest BCUT2D eigenvalue weighted by atomic mass is 32.2. The van der Waals surface area contributed by atoms with Crippen LogP contribution in [0.2, 0.25) is 0 Å². The maximum Gasteiger partial charge on any atom is 0.0465 e. The van der Waals surface area contributed by atoms with Crippen molar-refractivity contribution < 1.29 is 0 Å². The van der Waals surface area contributed by atoms with Gasteiger partial charge in [0.2, 0.25) is 0 Å². The van der Waals surface area contributed by atoms with Crippen molar-refractivity contribution in [1.82, 2.24) is 4.98 Å². The highest BCUT2D eigenvalue weighted by Gasteiger charge is 2.10. The third kappa shape index (κ3) is 2.47. The molecule has 0 fully saturated rings. The van der Waals surface area contributed by atoms with Crippen LogP contribution in [0.15, 0.2) is 58.5 Å². The van der Waals surface area contributed by atoms with E-state index < -0.39 is 0 Å². The van der Waals surface area contributed by atoms with E-state index in [1.54, 1.807) is 11.8 Å². The number of rotatable bonds is 3. The Morgan fingerprint density at radius 2 is 1.90 bits per heavy atom. The molecule has 0 aliphatic rings. The maximum absolute atomic E-state index is 6.06. The van der Waals surface area contributed by atoms with Gasteiger partial charge in [0.25, 0.3) is 0 Å². The molecule has 1 unspecified atom stereocenters. The summed E-state index contributed by atoms with van der Waals surface area (Å²) >= 11 is 1.78. The van der Waals surface area contributed by atoms with Gasteiger partial charge in [-0.25, -0.2) is 0 Å². The van der Waals surface area contributed by atoms with Crippen molar-refractivity contribution in [2.24, 2.45) is 5.73 Å². The molecule has 0 radical (unpaired) electrons. The Balaban J connectivity index is 2.03. The van der Waals surface area contributed by atoms with Crippen LogP contribution in [0.25, 0.3) is 10.9 Å². The van der Waals surface area contributed by atoms with E-state index >= 15 is 0 Å². The average molecular weight is 282 g/mol. The Kier molecular flexibility index (Phi) is 3.55. The van der Waals surface area contributed by atoms with Gasteiger partial charge >= 0.3 is 0 Å². The summed E-state index contributed by atoms with van der Waals surface area (Å²) < 4.78 is 0. The van der Waals surface area contributed by atoms with Crippen LogP contribution in [0, 0.1) is 6.92 Å². The first-order valence-corrected chi connectivity index (χ1v) is 7.57. The van der Waals surface area contributed by atoms with Gasteiger partial charge in [0.15, 0.2) is 0 Å². The fourth-order valence-electron chi connectivity index (χ4n) is 2.36. The van der Waals surface area contributed by atoms with Crippen LogP contribution in [0.3, 0.4) is 0 Å². The first kappa shape index (κ1) is 13.3. The van der Waals surface area contributed by atoms with Crippen LogP contribution >= 0.6 is 11.8 Å². The smallest absolute Gasteiger partial charge is 0.0465 e. The van der Waals surface area contributed by atoms with E-state index in [0.29, 0.717) is 0 Å². The second-order valence-electron chi connectivity index (χ2n) is 5.13. The summed E-state index contributed by atoms with van der Waals surface area (Å²) in [4.78, 5) is 5.81. The molecule has 2 nitrogen and oxygen atoms in total. The number of H-pyrrole nitrogens is 1. The van der Waals surface area contributed by atoms with E-state index in [2.05, 4.69) is 54.5 Å². The fourth-order valence-corrected chi connectivity index (χ4v) is 3.51. The lowest BCUT2D eigenvalue weighted by molar-refractivity contribution is 0.797. The summed E-state index contributed by atoms with van der Waals surface area (Å²) in [6.45, 7) is 4.15. The lowest BCUT2D eigenvalue weighted by Crippen LogP contribution is -2.05. The first-order valence-electron chi connectivity index (χ1n) is 6.75. The van der Waals surface area contributed by atoms with E-state index in [-0.39, 0.29) is 6.04 Å². The minimum atomic E-state index is 0.0469. The van der Waals surface area contributed by atoms with Crippen LogP contribution in [-0.4, -0.2) is 4.98 Å². The minimum absolute atomic E-state index is 0.0469. The van der Waals surface area contributed by atoms with Gasteiger partial charge in [-0.15, -0.1) is 0 Å². The summed E-state index contributed by atoms with van der Waals surface area (Å²) in [5.41, 5.74) is 9.71. The van der Waals surface area contributed by atoms with Crippen molar-refractivity contribution in [2.75, 3.05) is 0 Å². The predicted molar refractivity (Wildman–Crippen MR) is 86.2 cm³/mol. The SMILES string of the molecule is Cc1ccc2[nH]cc(Sc3ccccc3C(C)N)c2c1. The molecular formula is C17H18N2S. The molecule has 20 heavy (non-hydrogen) atoms. The monoisotopic (exact) mass is 282 g/mol. The van der Waals surface area contributed by atoms with Crippen molar-refractivity contribution in [1.29, 1.82) is 0 Å². The molecule has 3 heteroatoms. The Morgan fingerprint density at radius 1 is 1.10 bits per heavy atom. The van der Waals surface area contributed by atoms with Gasteiger partial charge in [0.1, 0.15) is 0 Å². The van der Waals surface area contributed by atoms with Gasteiger partial charge in [-0.2, -0.15) is 0 Å². The first-order chi connectivity index (χ1) is 9.65. The maximum atomic E-state index is 6.06. The van der Waals surface area contributed by atoms with Gasteiger partial charge < -0.3 is 10.7 Å². The number of hydrogen-bond acceptors (Lipinski definition) is 2. The van der Waals surface area contributed by atoms with E-state index in [4.69, 9.17) is 5.73 Å². The van der Waals surface area contributed by atoms with Crippen LogP contribution in [-0.2, 0) is 0 Å². The lowest BCUT2D eigenvalue weighted by atomic mass is 10.1. The lowest BCUT2D eigenvalue weighted by Gasteiger charge is -2.11. The van der Waals surface area contributed by atoms with E-state index in [0.717, 1.165) is 0 Å². The van der Waals surface area contributed by atoms with Crippen LogP contribution in [0.5, 0.6) is 0 Å². The van der Waals surface area contributed by atoms with Crippen molar-refractivity contribution >= 4 is 22.7 Å². The molecular weight excluding hydrogens is 264 g/mol. The number of fused-ring (bicyclic) bond motifs is 1. The second kappa shape index (κ2) is 5.35. The Bertz CT molecular complexity index is 744. The molecule has 3 N–H and O–H groups in total. The van der Waals surface area contributed by atoms with Gasteiger partial charge in [-0.05, 0) is 37.6 Å². The van der Waals surface area contributed by atoms with Crippen LogP contribution in [0.4, 0.5) is 0 Å². The van der Waals surface area contributed by atoms with Crippen molar-refractivity contribution in [2.45, 2.75) is 29.7 Å². The second-order valence-corrected chi connectivity index (χ2v) is 6.21. The zero-order valence-corrected chi connectivity index (χ0v) is 12.5.